The average molecular weight is 280 g/mol. The van der Waals surface area contributed by atoms with E-state index in [1.807, 2.05) is 0 Å². The second-order valence-corrected chi connectivity index (χ2v) is 5.09. The number of amides is 1. The van der Waals surface area contributed by atoms with Crippen molar-refractivity contribution in [1.82, 2.24) is 19.8 Å². The van der Waals surface area contributed by atoms with E-state index < -0.39 is 11.2 Å². The molecular weight excluding hydrogens is 260 g/mol. The van der Waals surface area contributed by atoms with Crippen LogP contribution in [0.1, 0.15) is 19.8 Å². The molecule has 2 N–H and O–H groups in total. The van der Waals surface area contributed by atoms with Crippen LogP contribution < -0.4 is 16.6 Å². The Labute approximate surface area is 116 Å². The standard InChI is InChI=1S/C13H20N4O3/c1-2-5-16-6-3-10(8-16)14-12(19)9-17-7-4-11(18)15-13(17)20/h4,7,10H,2-3,5-6,8-9H2,1H3,(H,14,19)(H,15,18,20)/t10-/m1/s1. The number of carbonyl (C=O) groups is 1. The molecule has 1 fully saturated rings. The van der Waals surface area contributed by atoms with Gasteiger partial charge in [0, 0.05) is 31.4 Å². The maximum atomic E-state index is 11.9. The second kappa shape index (κ2) is 6.51. The second-order valence-electron chi connectivity index (χ2n) is 5.09. The molecule has 1 atom stereocenters. The maximum absolute atomic E-state index is 11.9. The number of hydrogen-bond donors (Lipinski definition) is 2. The fourth-order valence-corrected chi connectivity index (χ4v) is 2.47. The molecule has 0 unspecified atom stereocenters. The summed E-state index contributed by atoms with van der Waals surface area (Å²) < 4.78 is 1.19. The molecule has 2 heterocycles. The molecule has 0 aromatic carbocycles. The summed E-state index contributed by atoms with van der Waals surface area (Å²) in [5, 5.41) is 2.93. The van der Waals surface area contributed by atoms with Crippen molar-refractivity contribution in [3.63, 3.8) is 0 Å². The summed E-state index contributed by atoms with van der Waals surface area (Å²) in [7, 11) is 0. The van der Waals surface area contributed by atoms with E-state index in [1.165, 1.54) is 16.8 Å². The summed E-state index contributed by atoms with van der Waals surface area (Å²) in [5.41, 5.74) is -1.02. The van der Waals surface area contributed by atoms with Gasteiger partial charge in [0.25, 0.3) is 5.56 Å². The Kier molecular flexibility index (Phi) is 4.73. The summed E-state index contributed by atoms with van der Waals surface area (Å²) in [6.45, 7) is 4.97. The molecule has 7 nitrogen and oxygen atoms in total. The van der Waals surface area contributed by atoms with Gasteiger partial charge in [0.15, 0.2) is 0 Å². The van der Waals surface area contributed by atoms with E-state index in [1.54, 1.807) is 0 Å². The van der Waals surface area contributed by atoms with Gasteiger partial charge in [-0.05, 0) is 19.4 Å². The molecule has 0 radical (unpaired) electrons. The van der Waals surface area contributed by atoms with Gasteiger partial charge in [-0.3, -0.25) is 19.1 Å². The summed E-state index contributed by atoms with van der Waals surface area (Å²) in [5.74, 6) is -0.206. The zero-order valence-electron chi connectivity index (χ0n) is 11.6. The normalized spacial score (nSPS) is 19.1. The molecule has 20 heavy (non-hydrogen) atoms. The Morgan fingerprint density at radius 3 is 3.00 bits per heavy atom. The lowest BCUT2D eigenvalue weighted by molar-refractivity contribution is -0.122. The molecule has 0 aliphatic carbocycles. The van der Waals surface area contributed by atoms with Crippen molar-refractivity contribution < 1.29 is 4.79 Å². The molecule has 1 aliphatic rings. The van der Waals surface area contributed by atoms with Crippen molar-refractivity contribution in [2.45, 2.75) is 32.4 Å². The Hall–Kier alpha value is -1.89. The van der Waals surface area contributed by atoms with Gasteiger partial charge in [-0.1, -0.05) is 6.92 Å². The highest BCUT2D eigenvalue weighted by Crippen LogP contribution is 2.09. The largest absolute Gasteiger partial charge is 0.350 e. The first-order valence-corrected chi connectivity index (χ1v) is 6.90. The number of aromatic amines is 1. The zero-order valence-corrected chi connectivity index (χ0v) is 11.6. The fourth-order valence-electron chi connectivity index (χ4n) is 2.47. The van der Waals surface area contributed by atoms with Crippen molar-refractivity contribution in [1.29, 1.82) is 0 Å². The number of carbonyl (C=O) groups excluding carboxylic acids is 1. The van der Waals surface area contributed by atoms with Crippen LogP contribution in [0.25, 0.3) is 0 Å². The van der Waals surface area contributed by atoms with Gasteiger partial charge in [0.05, 0.1) is 0 Å². The van der Waals surface area contributed by atoms with Gasteiger partial charge in [0.2, 0.25) is 5.91 Å². The summed E-state index contributed by atoms with van der Waals surface area (Å²) in [6, 6.07) is 1.38. The van der Waals surface area contributed by atoms with Crippen LogP contribution in [0, 0.1) is 0 Å². The molecular formula is C13H20N4O3. The van der Waals surface area contributed by atoms with Gasteiger partial charge < -0.3 is 10.2 Å². The number of H-pyrrole nitrogens is 1. The maximum Gasteiger partial charge on any atom is 0.328 e. The first-order chi connectivity index (χ1) is 9.58. The van der Waals surface area contributed by atoms with Crippen LogP contribution in [0.5, 0.6) is 0 Å². The van der Waals surface area contributed by atoms with Gasteiger partial charge in [-0.2, -0.15) is 0 Å². The van der Waals surface area contributed by atoms with Crippen LogP contribution in [-0.2, 0) is 11.3 Å². The number of rotatable bonds is 5. The number of likely N-dealkylation sites (tertiary alicyclic amines) is 1. The molecule has 0 bridgehead atoms. The van der Waals surface area contributed by atoms with E-state index in [2.05, 4.69) is 22.1 Å². The predicted molar refractivity (Wildman–Crippen MR) is 74.6 cm³/mol. The molecule has 1 aromatic rings. The Morgan fingerprint density at radius 2 is 2.30 bits per heavy atom. The van der Waals surface area contributed by atoms with E-state index in [-0.39, 0.29) is 18.5 Å². The molecule has 1 aliphatic heterocycles. The van der Waals surface area contributed by atoms with E-state index in [4.69, 9.17) is 0 Å². The number of aromatic nitrogens is 2. The van der Waals surface area contributed by atoms with Crippen molar-refractivity contribution in [2.75, 3.05) is 19.6 Å². The topological polar surface area (TPSA) is 87.2 Å². The highest BCUT2D eigenvalue weighted by Gasteiger charge is 2.23. The van der Waals surface area contributed by atoms with Crippen molar-refractivity contribution in [3.8, 4) is 0 Å². The zero-order chi connectivity index (χ0) is 14.5. The lowest BCUT2D eigenvalue weighted by atomic mass is 10.2. The molecule has 7 heteroatoms. The lowest BCUT2D eigenvalue weighted by Crippen LogP contribution is -2.41. The Morgan fingerprint density at radius 1 is 1.50 bits per heavy atom. The highest BCUT2D eigenvalue weighted by atomic mass is 16.2. The number of nitrogens with zero attached hydrogens (tertiary/aromatic N) is 2. The monoisotopic (exact) mass is 280 g/mol. The van der Waals surface area contributed by atoms with Crippen molar-refractivity contribution >= 4 is 5.91 Å². The molecule has 2 rings (SSSR count). The quantitative estimate of drug-likeness (QED) is 0.734. The van der Waals surface area contributed by atoms with Crippen LogP contribution in [0.2, 0.25) is 0 Å². The van der Waals surface area contributed by atoms with Gasteiger partial charge in [-0.15, -0.1) is 0 Å². The Bertz CT molecular complexity index is 577. The van der Waals surface area contributed by atoms with E-state index in [0.717, 1.165) is 32.5 Å². The molecule has 0 spiro atoms. The smallest absolute Gasteiger partial charge is 0.328 e. The molecule has 1 saturated heterocycles. The van der Waals surface area contributed by atoms with Gasteiger partial charge in [0.1, 0.15) is 6.54 Å². The molecule has 0 saturated carbocycles. The molecule has 1 amide bonds. The third kappa shape index (κ3) is 3.80. The number of hydrogen-bond acceptors (Lipinski definition) is 4. The summed E-state index contributed by atoms with van der Waals surface area (Å²) >= 11 is 0. The minimum Gasteiger partial charge on any atom is -0.350 e. The SMILES string of the molecule is CCCN1CC[C@@H](NC(=O)Cn2ccc(=O)[nH]c2=O)C1. The van der Waals surface area contributed by atoms with Crippen LogP contribution in [0.4, 0.5) is 0 Å². The predicted octanol–water partition coefficient (Wildman–Crippen LogP) is -0.863. The molecule has 1 aromatic heterocycles. The van der Waals surface area contributed by atoms with Crippen LogP contribution in [-0.4, -0.2) is 46.0 Å². The van der Waals surface area contributed by atoms with Gasteiger partial charge in [-0.25, -0.2) is 4.79 Å². The minimum absolute atomic E-state index is 0.0696. The van der Waals surface area contributed by atoms with E-state index >= 15 is 0 Å². The highest BCUT2D eigenvalue weighted by molar-refractivity contribution is 5.76. The van der Waals surface area contributed by atoms with E-state index in [0.29, 0.717) is 0 Å². The number of nitrogens with one attached hydrogen (secondary N) is 2. The third-order valence-electron chi connectivity index (χ3n) is 3.39. The van der Waals surface area contributed by atoms with Crippen LogP contribution in [0.3, 0.4) is 0 Å². The van der Waals surface area contributed by atoms with Gasteiger partial charge >= 0.3 is 5.69 Å². The van der Waals surface area contributed by atoms with Crippen molar-refractivity contribution in [2.24, 2.45) is 0 Å². The summed E-state index contributed by atoms with van der Waals surface area (Å²) in [6.07, 6.45) is 3.37. The lowest BCUT2D eigenvalue weighted by Gasteiger charge is -2.15. The third-order valence-corrected chi connectivity index (χ3v) is 3.39. The van der Waals surface area contributed by atoms with Crippen molar-refractivity contribution in [3.05, 3.63) is 33.1 Å². The first kappa shape index (κ1) is 14.5. The van der Waals surface area contributed by atoms with E-state index in [9.17, 15) is 14.4 Å². The summed E-state index contributed by atoms with van der Waals surface area (Å²) in [4.78, 5) is 38.7. The fraction of sp³-hybridized carbons (Fsp3) is 0.615. The van der Waals surface area contributed by atoms with Crippen LogP contribution in [0.15, 0.2) is 21.9 Å². The molecule has 110 valence electrons. The Balaban J connectivity index is 1.87. The first-order valence-electron chi connectivity index (χ1n) is 6.90. The average Bonchev–Trinajstić information content (AvgIpc) is 2.81. The van der Waals surface area contributed by atoms with Crippen LogP contribution >= 0.6 is 0 Å². The minimum atomic E-state index is -0.563.